The molecule has 2 N–H and O–H groups in total. The largest absolute Gasteiger partial charge is 0.329 e. The van der Waals surface area contributed by atoms with Gasteiger partial charge in [0.25, 0.3) is 0 Å². The highest BCUT2D eigenvalue weighted by molar-refractivity contribution is 7.89. The lowest BCUT2D eigenvalue weighted by Gasteiger charge is -2.38. The second-order valence-electron chi connectivity index (χ2n) is 5.11. The van der Waals surface area contributed by atoms with Gasteiger partial charge >= 0.3 is 0 Å². The summed E-state index contributed by atoms with van der Waals surface area (Å²) in [6.45, 7) is 2.85. The maximum absolute atomic E-state index is 12.7. The van der Waals surface area contributed by atoms with E-state index < -0.39 is 10.0 Å². The maximum Gasteiger partial charge on any atom is 0.243 e. The second kappa shape index (κ2) is 7.49. The average molecular weight is 374 g/mol. The number of nitrogens with zero attached hydrogens (tertiary/aromatic N) is 1. The van der Waals surface area contributed by atoms with E-state index in [4.69, 9.17) is 28.9 Å². The first kappa shape index (κ1) is 19.0. The van der Waals surface area contributed by atoms with Crippen LogP contribution in [0.3, 0.4) is 0 Å². The van der Waals surface area contributed by atoms with Gasteiger partial charge in [0.15, 0.2) is 0 Å². The molecule has 0 radical (unpaired) electrons. The quantitative estimate of drug-likeness (QED) is 0.885. The summed E-state index contributed by atoms with van der Waals surface area (Å²) in [4.78, 5) is 0.166. The van der Waals surface area contributed by atoms with Gasteiger partial charge in [0.1, 0.15) is 0 Å². The van der Waals surface area contributed by atoms with Gasteiger partial charge in [0.2, 0.25) is 10.0 Å². The lowest BCUT2D eigenvalue weighted by atomic mass is 9.93. The molecule has 8 heteroatoms. The number of hydrogen-bond acceptors (Lipinski definition) is 3. The van der Waals surface area contributed by atoms with Crippen molar-refractivity contribution in [1.29, 1.82) is 0 Å². The SMILES string of the molecule is CC1CCCN(S(=O)(=O)c2ccc(Cl)c(Cl)c2)C1CN.Cl. The summed E-state index contributed by atoms with van der Waals surface area (Å²) in [7, 11) is -3.59. The minimum atomic E-state index is -3.59. The molecule has 1 fully saturated rings. The van der Waals surface area contributed by atoms with Gasteiger partial charge in [0, 0.05) is 19.1 Å². The highest BCUT2D eigenvalue weighted by atomic mass is 35.5. The third kappa shape index (κ3) is 3.84. The van der Waals surface area contributed by atoms with E-state index in [-0.39, 0.29) is 34.3 Å². The van der Waals surface area contributed by atoms with Crippen LogP contribution in [0, 0.1) is 5.92 Å². The first-order valence-corrected chi connectivity index (χ1v) is 8.74. The van der Waals surface area contributed by atoms with E-state index in [1.54, 1.807) is 0 Å². The fraction of sp³-hybridized carbons (Fsp3) is 0.538. The van der Waals surface area contributed by atoms with E-state index in [1.165, 1.54) is 22.5 Å². The number of hydrogen-bond donors (Lipinski definition) is 1. The molecule has 1 saturated heterocycles. The highest BCUT2D eigenvalue weighted by Gasteiger charge is 2.36. The van der Waals surface area contributed by atoms with Crippen molar-refractivity contribution < 1.29 is 8.42 Å². The minimum absolute atomic E-state index is 0. The van der Waals surface area contributed by atoms with Crippen LogP contribution >= 0.6 is 35.6 Å². The molecule has 1 aromatic rings. The van der Waals surface area contributed by atoms with Crippen molar-refractivity contribution >= 4 is 45.6 Å². The maximum atomic E-state index is 12.7. The minimum Gasteiger partial charge on any atom is -0.329 e. The van der Waals surface area contributed by atoms with Crippen LogP contribution in [0.5, 0.6) is 0 Å². The van der Waals surface area contributed by atoms with Crippen molar-refractivity contribution in [3.63, 3.8) is 0 Å². The van der Waals surface area contributed by atoms with Gasteiger partial charge in [-0.25, -0.2) is 8.42 Å². The van der Waals surface area contributed by atoms with Crippen molar-refractivity contribution in [3.05, 3.63) is 28.2 Å². The van der Waals surface area contributed by atoms with E-state index in [0.717, 1.165) is 12.8 Å². The number of halogens is 3. The molecule has 1 heterocycles. The van der Waals surface area contributed by atoms with Crippen molar-refractivity contribution in [3.8, 4) is 0 Å². The summed E-state index contributed by atoms with van der Waals surface area (Å²) in [5.41, 5.74) is 5.76. The van der Waals surface area contributed by atoms with Gasteiger partial charge in [0.05, 0.1) is 14.9 Å². The van der Waals surface area contributed by atoms with Crippen LogP contribution in [0.2, 0.25) is 10.0 Å². The Morgan fingerprint density at radius 3 is 2.57 bits per heavy atom. The fourth-order valence-electron chi connectivity index (χ4n) is 2.63. The van der Waals surface area contributed by atoms with Gasteiger partial charge in [-0.2, -0.15) is 4.31 Å². The molecule has 0 bridgehead atoms. The molecular weight excluding hydrogens is 355 g/mol. The van der Waals surface area contributed by atoms with Gasteiger partial charge in [-0.1, -0.05) is 30.1 Å². The lowest BCUT2D eigenvalue weighted by Crippen LogP contribution is -2.51. The van der Waals surface area contributed by atoms with Gasteiger partial charge in [-0.05, 0) is 37.0 Å². The Kier molecular flexibility index (Phi) is 6.78. The predicted octanol–water partition coefficient (Wildman–Crippen LogP) is 3.16. The number of sulfonamides is 1. The molecule has 0 saturated carbocycles. The van der Waals surface area contributed by atoms with Gasteiger partial charge < -0.3 is 5.73 Å². The van der Waals surface area contributed by atoms with Gasteiger partial charge in [-0.3, -0.25) is 0 Å². The van der Waals surface area contributed by atoms with Crippen LogP contribution in [0.15, 0.2) is 23.1 Å². The first-order chi connectivity index (χ1) is 9.37. The average Bonchev–Trinajstić information content (AvgIpc) is 2.41. The zero-order valence-electron chi connectivity index (χ0n) is 11.6. The molecule has 0 aliphatic carbocycles. The normalized spacial score (nSPS) is 23.6. The number of nitrogens with two attached hydrogens (primary N) is 1. The monoisotopic (exact) mass is 372 g/mol. The summed E-state index contributed by atoms with van der Waals surface area (Å²) in [6.07, 6.45) is 1.84. The summed E-state index contributed by atoms with van der Waals surface area (Å²) >= 11 is 11.8. The van der Waals surface area contributed by atoms with Crippen LogP contribution in [0.4, 0.5) is 0 Å². The Hall–Kier alpha value is -0.0400. The molecule has 120 valence electrons. The Balaban J connectivity index is 0.00000220. The van der Waals surface area contributed by atoms with E-state index in [9.17, 15) is 8.42 Å². The molecule has 2 atom stereocenters. The molecule has 1 aliphatic rings. The van der Waals surface area contributed by atoms with E-state index in [2.05, 4.69) is 0 Å². The molecule has 0 spiro atoms. The molecule has 1 aliphatic heterocycles. The smallest absolute Gasteiger partial charge is 0.243 e. The van der Waals surface area contributed by atoms with E-state index >= 15 is 0 Å². The van der Waals surface area contributed by atoms with Crippen LogP contribution in [-0.2, 0) is 10.0 Å². The zero-order valence-corrected chi connectivity index (χ0v) is 14.8. The van der Waals surface area contributed by atoms with E-state index in [0.29, 0.717) is 18.1 Å². The number of benzene rings is 1. The van der Waals surface area contributed by atoms with Crippen molar-refractivity contribution in [2.45, 2.75) is 30.7 Å². The third-order valence-electron chi connectivity index (χ3n) is 3.80. The lowest BCUT2D eigenvalue weighted by molar-refractivity contribution is 0.192. The molecule has 2 rings (SSSR count). The summed E-state index contributed by atoms with van der Waals surface area (Å²) in [5, 5.41) is 0.579. The molecule has 4 nitrogen and oxygen atoms in total. The molecule has 0 aromatic heterocycles. The molecule has 2 unspecified atom stereocenters. The molecule has 1 aromatic carbocycles. The summed E-state index contributed by atoms with van der Waals surface area (Å²) in [5.74, 6) is 0.256. The third-order valence-corrected chi connectivity index (χ3v) is 6.46. The second-order valence-corrected chi connectivity index (χ2v) is 7.82. The fourth-order valence-corrected chi connectivity index (χ4v) is 4.79. The Morgan fingerprint density at radius 1 is 1.33 bits per heavy atom. The van der Waals surface area contributed by atoms with Crippen molar-refractivity contribution in [2.75, 3.05) is 13.1 Å². The summed E-state index contributed by atoms with van der Waals surface area (Å²) < 4.78 is 27.0. The zero-order chi connectivity index (χ0) is 14.9. The molecular formula is C13H19Cl3N2O2S. The van der Waals surface area contributed by atoms with Crippen molar-refractivity contribution in [2.24, 2.45) is 11.7 Å². The van der Waals surface area contributed by atoms with Crippen molar-refractivity contribution in [1.82, 2.24) is 4.31 Å². The van der Waals surface area contributed by atoms with Crippen LogP contribution in [0.1, 0.15) is 19.8 Å². The Morgan fingerprint density at radius 2 is 2.00 bits per heavy atom. The standard InChI is InChI=1S/C13H18Cl2N2O2S.ClH/c1-9-3-2-6-17(13(9)8-16)20(18,19)10-4-5-11(14)12(15)7-10;/h4-5,7,9,13H,2-3,6,8,16H2,1H3;1H. The number of rotatable bonds is 3. The number of piperidine rings is 1. The highest BCUT2D eigenvalue weighted by Crippen LogP contribution is 2.31. The van der Waals surface area contributed by atoms with Crippen LogP contribution in [-0.4, -0.2) is 31.9 Å². The molecule has 0 amide bonds. The Labute approximate surface area is 142 Å². The topological polar surface area (TPSA) is 63.4 Å². The molecule has 21 heavy (non-hydrogen) atoms. The van der Waals surface area contributed by atoms with Crippen LogP contribution < -0.4 is 5.73 Å². The first-order valence-electron chi connectivity index (χ1n) is 6.55. The van der Waals surface area contributed by atoms with Gasteiger partial charge in [-0.15, -0.1) is 12.4 Å². The summed E-state index contributed by atoms with van der Waals surface area (Å²) in [6, 6.07) is 4.22. The Bertz CT molecular complexity index is 595. The van der Waals surface area contributed by atoms with Crippen LogP contribution in [0.25, 0.3) is 0 Å². The van der Waals surface area contributed by atoms with E-state index in [1.807, 2.05) is 6.92 Å². The predicted molar refractivity (Wildman–Crippen MR) is 88.8 cm³/mol.